The summed E-state index contributed by atoms with van der Waals surface area (Å²) in [5, 5.41) is 0.450. The Morgan fingerprint density at radius 2 is 1.79 bits per heavy atom. The van der Waals surface area contributed by atoms with Crippen LogP contribution in [0.3, 0.4) is 0 Å². The Balaban J connectivity index is 1.34. The minimum absolute atomic E-state index is 0.0246. The Morgan fingerprint density at radius 1 is 1.00 bits per heavy atom. The van der Waals surface area contributed by atoms with Crippen molar-refractivity contribution in [2.45, 2.75) is 18.9 Å². The zero-order valence-electron chi connectivity index (χ0n) is 21.6. The largest absolute Gasteiger partial charge is 0.497 e. The van der Waals surface area contributed by atoms with Crippen LogP contribution in [0.2, 0.25) is 0 Å². The minimum atomic E-state index is -0.439. The molecule has 1 aliphatic rings. The van der Waals surface area contributed by atoms with Crippen LogP contribution in [0.15, 0.2) is 71.5 Å². The van der Waals surface area contributed by atoms with Gasteiger partial charge in [0.25, 0.3) is 5.91 Å². The molecular weight excluding hydrogens is 499 g/mol. The van der Waals surface area contributed by atoms with Gasteiger partial charge in [-0.3, -0.25) is 9.36 Å². The molecule has 5 aromatic rings. The number of hydrogen-bond donors (Lipinski definition) is 1. The van der Waals surface area contributed by atoms with Crippen molar-refractivity contribution in [3.8, 4) is 22.8 Å². The topological polar surface area (TPSA) is 89.5 Å². The van der Waals surface area contributed by atoms with E-state index in [1.54, 1.807) is 48.0 Å². The number of piperidine rings is 1. The number of nitrogens with zero attached hydrogens (tertiary/aromatic N) is 3. The molecule has 0 atom stereocenters. The molecule has 0 aliphatic carbocycles. The Hall–Kier alpha value is -4.66. The molecule has 1 fully saturated rings. The van der Waals surface area contributed by atoms with Crippen LogP contribution in [-0.2, 0) is 0 Å². The summed E-state index contributed by atoms with van der Waals surface area (Å²) >= 11 is 0. The molecule has 0 radical (unpaired) electrons. The van der Waals surface area contributed by atoms with E-state index in [1.807, 2.05) is 30.3 Å². The summed E-state index contributed by atoms with van der Waals surface area (Å²) in [5.41, 5.74) is 3.63. The normalized spacial score (nSPS) is 14.2. The molecule has 1 amide bonds. The molecule has 0 spiro atoms. The lowest BCUT2D eigenvalue weighted by Gasteiger charge is -2.33. The lowest BCUT2D eigenvalue weighted by molar-refractivity contribution is 0.0697. The molecule has 9 heteroatoms. The number of methoxy groups -OCH3 is 2. The molecule has 0 unspecified atom stereocenters. The number of aromatic nitrogens is 3. The molecule has 3 heterocycles. The lowest BCUT2D eigenvalue weighted by Crippen LogP contribution is -2.40. The number of H-pyrrole nitrogens is 1. The second-order valence-corrected chi connectivity index (χ2v) is 9.62. The SMILES string of the molecule is COc1ccc(-c2cc(C(=O)N3CCC(n4c(=O)[nH]c5ccccc54)CC3)c3cc(F)ccc3n2)c(OC)c1. The van der Waals surface area contributed by atoms with Crippen LogP contribution in [0.4, 0.5) is 4.39 Å². The molecule has 1 saturated heterocycles. The number of fused-ring (bicyclic) bond motifs is 2. The number of para-hydroxylation sites is 2. The number of rotatable bonds is 5. The monoisotopic (exact) mass is 526 g/mol. The van der Waals surface area contributed by atoms with Gasteiger partial charge in [0, 0.05) is 36.1 Å². The molecule has 8 nitrogen and oxygen atoms in total. The zero-order chi connectivity index (χ0) is 27.1. The second kappa shape index (κ2) is 9.90. The van der Waals surface area contributed by atoms with Crippen LogP contribution in [-0.4, -0.2) is 52.7 Å². The quantitative estimate of drug-likeness (QED) is 0.341. The number of aromatic amines is 1. The van der Waals surface area contributed by atoms with Crippen molar-refractivity contribution in [1.29, 1.82) is 0 Å². The molecule has 1 aliphatic heterocycles. The number of likely N-dealkylation sites (tertiary alicyclic amines) is 1. The number of nitrogens with one attached hydrogen (secondary N) is 1. The highest BCUT2D eigenvalue weighted by Crippen LogP contribution is 2.35. The van der Waals surface area contributed by atoms with Gasteiger partial charge in [-0.15, -0.1) is 0 Å². The fraction of sp³-hybridized carbons (Fsp3) is 0.233. The van der Waals surface area contributed by atoms with E-state index >= 15 is 0 Å². The smallest absolute Gasteiger partial charge is 0.326 e. The Morgan fingerprint density at radius 3 is 2.56 bits per heavy atom. The first kappa shape index (κ1) is 24.7. The summed E-state index contributed by atoms with van der Waals surface area (Å²) in [5.74, 6) is 0.538. The van der Waals surface area contributed by atoms with E-state index in [2.05, 4.69) is 4.98 Å². The van der Waals surface area contributed by atoms with E-state index in [1.165, 1.54) is 12.1 Å². The second-order valence-electron chi connectivity index (χ2n) is 9.62. The van der Waals surface area contributed by atoms with E-state index < -0.39 is 5.82 Å². The maximum absolute atomic E-state index is 14.3. The number of pyridine rings is 1. The van der Waals surface area contributed by atoms with E-state index in [0.29, 0.717) is 65.2 Å². The first-order chi connectivity index (χ1) is 19.0. The maximum atomic E-state index is 14.3. The highest BCUT2D eigenvalue weighted by atomic mass is 19.1. The van der Waals surface area contributed by atoms with Crippen molar-refractivity contribution in [2.75, 3.05) is 27.3 Å². The van der Waals surface area contributed by atoms with Crippen LogP contribution in [0.1, 0.15) is 29.2 Å². The van der Waals surface area contributed by atoms with Crippen LogP contribution < -0.4 is 15.2 Å². The molecule has 6 rings (SSSR count). The van der Waals surface area contributed by atoms with Crippen LogP contribution >= 0.6 is 0 Å². The third-order valence-electron chi connectivity index (χ3n) is 7.43. The van der Waals surface area contributed by atoms with Crippen molar-refractivity contribution in [3.63, 3.8) is 0 Å². The maximum Gasteiger partial charge on any atom is 0.326 e. The predicted molar refractivity (Wildman–Crippen MR) is 147 cm³/mol. The first-order valence-electron chi connectivity index (χ1n) is 12.8. The van der Waals surface area contributed by atoms with E-state index in [9.17, 15) is 14.0 Å². The third kappa shape index (κ3) is 4.39. The highest BCUT2D eigenvalue weighted by Gasteiger charge is 2.28. The zero-order valence-corrected chi connectivity index (χ0v) is 21.6. The fourth-order valence-corrected chi connectivity index (χ4v) is 5.46. The van der Waals surface area contributed by atoms with E-state index in [4.69, 9.17) is 14.5 Å². The first-order valence-corrected chi connectivity index (χ1v) is 12.8. The van der Waals surface area contributed by atoms with Gasteiger partial charge in [-0.2, -0.15) is 0 Å². The molecule has 39 heavy (non-hydrogen) atoms. The summed E-state index contributed by atoms with van der Waals surface area (Å²) in [6.45, 7) is 0.936. The molecule has 0 bridgehead atoms. The standard InChI is InChI=1S/C30H27FN4O4/c1-38-20-8-9-21(28(16-20)39-2)26-17-23(22-15-18(31)7-10-24(22)32-26)29(36)34-13-11-19(12-14-34)35-27-6-4-3-5-25(27)33-30(35)37/h3-10,15-17,19H,11-14H2,1-2H3,(H,33,37). The Kier molecular flexibility index (Phi) is 6.26. The summed E-state index contributed by atoms with van der Waals surface area (Å²) in [4.78, 5) is 36.0. The summed E-state index contributed by atoms with van der Waals surface area (Å²) in [6, 6.07) is 18.9. The van der Waals surface area contributed by atoms with E-state index in [0.717, 1.165) is 11.0 Å². The van der Waals surface area contributed by atoms with Crippen molar-refractivity contribution < 1.29 is 18.7 Å². The number of carbonyl (C=O) groups excluding carboxylic acids is 1. The molecule has 198 valence electrons. The van der Waals surface area contributed by atoms with Crippen molar-refractivity contribution in [2.24, 2.45) is 0 Å². The van der Waals surface area contributed by atoms with Gasteiger partial charge in [0.05, 0.1) is 42.0 Å². The van der Waals surface area contributed by atoms with Crippen molar-refractivity contribution in [3.05, 3.63) is 88.6 Å². The predicted octanol–water partition coefficient (Wildman–Crippen LogP) is 5.18. The Labute approximate surface area is 223 Å². The average molecular weight is 527 g/mol. The number of imidazole rings is 1. The summed E-state index contributed by atoms with van der Waals surface area (Å²) in [7, 11) is 3.13. The van der Waals surface area contributed by atoms with Gasteiger partial charge < -0.3 is 19.4 Å². The van der Waals surface area contributed by atoms with Crippen LogP contribution in [0.5, 0.6) is 11.5 Å². The number of amides is 1. The van der Waals surface area contributed by atoms with Gasteiger partial charge in [0.1, 0.15) is 17.3 Å². The molecule has 1 N–H and O–H groups in total. The van der Waals surface area contributed by atoms with Gasteiger partial charge >= 0.3 is 5.69 Å². The van der Waals surface area contributed by atoms with Crippen LogP contribution in [0.25, 0.3) is 33.2 Å². The van der Waals surface area contributed by atoms with Gasteiger partial charge in [0.2, 0.25) is 0 Å². The van der Waals surface area contributed by atoms with Crippen molar-refractivity contribution >= 4 is 27.8 Å². The number of ether oxygens (including phenoxy) is 2. The van der Waals surface area contributed by atoms with Crippen LogP contribution in [0, 0.1) is 5.82 Å². The molecule has 2 aromatic heterocycles. The van der Waals surface area contributed by atoms with Gasteiger partial charge in [-0.05, 0) is 61.4 Å². The number of hydrogen-bond acceptors (Lipinski definition) is 5. The molecule has 0 saturated carbocycles. The number of halogens is 1. The molecular formula is C30H27FN4O4. The highest BCUT2D eigenvalue weighted by molar-refractivity contribution is 6.07. The number of carbonyl (C=O) groups is 1. The third-order valence-corrected chi connectivity index (χ3v) is 7.43. The van der Waals surface area contributed by atoms with Gasteiger partial charge in [0.15, 0.2) is 0 Å². The van der Waals surface area contributed by atoms with Gasteiger partial charge in [-0.1, -0.05) is 12.1 Å². The summed E-state index contributed by atoms with van der Waals surface area (Å²) < 4.78 is 27.0. The lowest BCUT2D eigenvalue weighted by atomic mass is 10.00. The Bertz CT molecular complexity index is 1770. The van der Waals surface area contributed by atoms with E-state index in [-0.39, 0.29) is 17.6 Å². The summed E-state index contributed by atoms with van der Waals surface area (Å²) in [6.07, 6.45) is 1.26. The van der Waals surface area contributed by atoms with Gasteiger partial charge in [-0.25, -0.2) is 14.2 Å². The van der Waals surface area contributed by atoms with Crippen molar-refractivity contribution in [1.82, 2.24) is 19.4 Å². The minimum Gasteiger partial charge on any atom is -0.497 e. The molecule has 3 aromatic carbocycles. The fourth-order valence-electron chi connectivity index (χ4n) is 5.46. The average Bonchev–Trinajstić information content (AvgIpc) is 3.31. The number of benzene rings is 3.